The van der Waals surface area contributed by atoms with Crippen molar-refractivity contribution < 1.29 is 19.2 Å². The predicted molar refractivity (Wildman–Crippen MR) is 106 cm³/mol. The van der Waals surface area contributed by atoms with Crippen LogP contribution in [-0.4, -0.2) is 41.8 Å². The summed E-state index contributed by atoms with van der Waals surface area (Å²) in [5.41, 5.74) is 0.712. The highest BCUT2D eigenvalue weighted by atomic mass is 16.5. The maximum atomic E-state index is 12.0. The van der Waals surface area contributed by atoms with E-state index in [4.69, 9.17) is 9.47 Å². The lowest BCUT2D eigenvalue weighted by atomic mass is 9.93. The molecule has 0 bridgehead atoms. The summed E-state index contributed by atoms with van der Waals surface area (Å²) in [5, 5.41) is 12.0. The SMILES string of the molecule is CCOc1ccc([C@@]2(O)[C@H](C)[N+]3=C(CCC3)N2c2ccc(OC)cc2)cc1. The standard InChI is InChI=1S/C22H27N2O3/c1-4-27-20-11-7-17(8-12-20)22(25)16(2)23-15-5-6-21(23)24(22)18-9-13-19(26-3)14-10-18/h7-14,16,25H,4-6,15H2,1-3H3/q+1/t16-,22-/m0/s1. The second kappa shape index (κ2) is 6.89. The Balaban J connectivity index is 1.78. The molecule has 0 radical (unpaired) electrons. The number of rotatable bonds is 5. The van der Waals surface area contributed by atoms with Gasteiger partial charge >= 0.3 is 0 Å². The second-order valence-electron chi connectivity index (χ2n) is 7.11. The number of hydrogen-bond donors (Lipinski definition) is 1. The van der Waals surface area contributed by atoms with Crippen LogP contribution < -0.4 is 14.4 Å². The van der Waals surface area contributed by atoms with Crippen LogP contribution in [0.5, 0.6) is 11.5 Å². The Labute approximate surface area is 160 Å². The van der Waals surface area contributed by atoms with Crippen molar-refractivity contribution >= 4 is 11.5 Å². The number of nitrogens with zero attached hydrogens (tertiary/aromatic N) is 2. The molecule has 4 rings (SSSR count). The molecule has 0 aromatic heterocycles. The van der Waals surface area contributed by atoms with Crippen LogP contribution in [0.1, 0.15) is 32.3 Å². The zero-order chi connectivity index (χ0) is 19.0. The van der Waals surface area contributed by atoms with Gasteiger partial charge < -0.3 is 14.6 Å². The minimum atomic E-state index is -1.13. The van der Waals surface area contributed by atoms with Gasteiger partial charge in [0.25, 0.3) is 11.6 Å². The third-order valence-corrected chi connectivity index (χ3v) is 5.70. The molecule has 0 saturated heterocycles. The van der Waals surface area contributed by atoms with Crippen molar-refractivity contribution in [2.24, 2.45) is 0 Å². The Morgan fingerprint density at radius 3 is 2.41 bits per heavy atom. The normalized spacial score (nSPS) is 24.3. The van der Waals surface area contributed by atoms with E-state index in [-0.39, 0.29) is 6.04 Å². The number of amidine groups is 1. The van der Waals surface area contributed by atoms with Gasteiger partial charge in [0, 0.05) is 5.56 Å². The van der Waals surface area contributed by atoms with Crippen LogP contribution >= 0.6 is 0 Å². The molecule has 2 heterocycles. The van der Waals surface area contributed by atoms with E-state index >= 15 is 0 Å². The third-order valence-electron chi connectivity index (χ3n) is 5.70. The topological polar surface area (TPSA) is 44.9 Å². The molecule has 0 amide bonds. The van der Waals surface area contributed by atoms with Crippen LogP contribution in [0.3, 0.4) is 0 Å². The van der Waals surface area contributed by atoms with E-state index < -0.39 is 5.72 Å². The van der Waals surface area contributed by atoms with E-state index in [1.165, 1.54) is 5.84 Å². The second-order valence-corrected chi connectivity index (χ2v) is 7.11. The Morgan fingerprint density at radius 1 is 1.11 bits per heavy atom. The van der Waals surface area contributed by atoms with Crippen molar-refractivity contribution in [1.29, 1.82) is 0 Å². The van der Waals surface area contributed by atoms with Crippen LogP contribution in [0.15, 0.2) is 48.5 Å². The molecule has 2 aliphatic rings. The zero-order valence-corrected chi connectivity index (χ0v) is 16.2. The van der Waals surface area contributed by atoms with Gasteiger partial charge in [0.2, 0.25) is 0 Å². The molecule has 0 unspecified atom stereocenters. The van der Waals surface area contributed by atoms with E-state index in [2.05, 4.69) is 16.4 Å². The van der Waals surface area contributed by atoms with Gasteiger partial charge in [-0.15, -0.1) is 0 Å². The van der Waals surface area contributed by atoms with E-state index in [1.807, 2.05) is 55.5 Å². The van der Waals surface area contributed by atoms with E-state index in [1.54, 1.807) is 7.11 Å². The quantitative estimate of drug-likeness (QED) is 0.823. The molecule has 5 heteroatoms. The first kappa shape index (κ1) is 17.9. The lowest BCUT2D eigenvalue weighted by Gasteiger charge is -2.32. The summed E-state index contributed by atoms with van der Waals surface area (Å²) in [7, 11) is 1.66. The van der Waals surface area contributed by atoms with Crippen LogP contribution in [0.4, 0.5) is 5.69 Å². The summed E-state index contributed by atoms with van der Waals surface area (Å²) >= 11 is 0. The first-order chi connectivity index (χ1) is 13.1. The van der Waals surface area contributed by atoms with Crippen LogP contribution in [0.25, 0.3) is 0 Å². The van der Waals surface area contributed by atoms with Gasteiger partial charge in [-0.05, 0) is 68.8 Å². The summed E-state index contributed by atoms with van der Waals surface area (Å²) < 4.78 is 13.2. The largest absolute Gasteiger partial charge is 0.497 e. The molecule has 142 valence electrons. The summed E-state index contributed by atoms with van der Waals surface area (Å²) in [4.78, 5) is 2.10. The molecule has 2 atom stereocenters. The number of methoxy groups -OCH3 is 1. The fourth-order valence-corrected chi connectivity index (χ4v) is 4.35. The van der Waals surface area contributed by atoms with Crippen molar-refractivity contribution in [3.8, 4) is 11.5 Å². The average Bonchev–Trinajstić information content (AvgIpc) is 3.24. The summed E-state index contributed by atoms with van der Waals surface area (Å²) in [5.74, 6) is 2.81. The number of anilines is 1. The summed E-state index contributed by atoms with van der Waals surface area (Å²) in [6.45, 7) is 5.68. The minimum absolute atomic E-state index is 0.0463. The van der Waals surface area contributed by atoms with Crippen LogP contribution in [-0.2, 0) is 5.72 Å². The highest BCUT2D eigenvalue weighted by Crippen LogP contribution is 2.43. The van der Waals surface area contributed by atoms with Crippen molar-refractivity contribution in [2.45, 2.75) is 38.5 Å². The molecular weight excluding hydrogens is 340 g/mol. The van der Waals surface area contributed by atoms with E-state index in [0.717, 1.165) is 42.1 Å². The maximum Gasteiger partial charge on any atom is 0.278 e. The molecule has 0 aliphatic carbocycles. The fraction of sp³-hybridized carbons (Fsp3) is 0.409. The highest BCUT2D eigenvalue weighted by molar-refractivity contribution is 5.97. The van der Waals surface area contributed by atoms with Crippen molar-refractivity contribution in [2.75, 3.05) is 25.2 Å². The Hall–Kier alpha value is -2.53. The highest BCUT2D eigenvalue weighted by Gasteiger charge is 2.60. The number of aliphatic hydroxyl groups is 1. The van der Waals surface area contributed by atoms with Crippen molar-refractivity contribution in [3.63, 3.8) is 0 Å². The first-order valence-electron chi connectivity index (χ1n) is 9.62. The Kier molecular flexibility index (Phi) is 4.56. The molecule has 5 nitrogen and oxygen atoms in total. The molecule has 1 N–H and O–H groups in total. The Bertz CT molecular complexity index is 845. The van der Waals surface area contributed by atoms with Gasteiger partial charge in [-0.2, -0.15) is 4.90 Å². The molecule has 0 fully saturated rings. The number of ether oxygens (including phenoxy) is 2. The van der Waals surface area contributed by atoms with Gasteiger partial charge in [0.05, 0.1) is 26.7 Å². The Morgan fingerprint density at radius 2 is 1.78 bits per heavy atom. The molecule has 2 aliphatic heterocycles. The summed E-state index contributed by atoms with van der Waals surface area (Å²) in [6.07, 6.45) is 2.08. The van der Waals surface area contributed by atoms with Crippen molar-refractivity contribution in [1.82, 2.24) is 0 Å². The van der Waals surface area contributed by atoms with Gasteiger partial charge in [-0.3, -0.25) is 4.58 Å². The zero-order valence-electron chi connectivity index (χ0n) is 16.2. The van der Waals surface area contributed by atoms with Crippen molar-refractivity contribution in [3.05, 3.63) is 54.1 Å². The predicted octanol–water partition coefficient (Wildman–Crippen LogP) is 3.35. The van der Waals surface area contributed by atoms with Gasteiger partial charge in [-0.25, -0.2) is 0 Å². The summed E-state index contributed by atoms with van der Waals surface area (Å²) in [6, 6.07) is 15.7. The maximum absolute atomic E-state index is 12.0. The van der Waals surface area contributed by atoms with Crippen LogP contribution in [0, 0.1) is 0 Å². The van der Waals surface area contributed by atoms with E-state index in [0.29, 0.717) is 6.61 Å². The molecule has 27 heavy (non-hydrogen) atoms. The molecule has 0 saturated carbocycles. The molecular formula is C22H27N2O3+. The molecule has 2 aromatic rings. The number of hydrogen-bond acceptors (Lipinski definition) is 4. The smallest absolute Gasteiger partial charge is 0.278 e. The average molecular weight is 367 g/mol. The van der Waals surface area contributed by atoms with Gasteiger partial charge in [0.1, 0.15) is 17.2 Å². The van der Waals surface area contributed by atoms with Gasteiger partial charge in [0.15, 0.2) is 6.04 Å². The first-order valence-corrected chi connectivity index (χ1v) is 9.62. The minimum Gasteiger partial charge on any atom is -0.497 e. The fourth-order valence-electron chi connectivity index (χ4n) is 4.35. The van der Waals surface area contributed by atoms with Gasteiger partial charge in [-0.1, -0.05) is 0 Å². The van der Waals surface area contributed by atoms with E-state index in [9.17, 15) is 5.11 Å². The monoisotopic (exact) mass is 367 g/mol. The lowest BCUT2D eigenvalue weighted by Crippen LogP contribution is -2.51. The molecule has 0 spiro atoms. The number of benzene rings is 2. The third kappa shape index (κ3) is 2.77. The lowest BCUT2D eigenvalue weighted by molar-refractivity contribution is -0.564. The van der Waals surface area contributed by atoms with Crippen LogP contribution in [0.2, 0.25) is 0 Å². The molecule has 2 aromatic carbocycles.